The van der Waals surface area contributed by atoms with Gasteiger partial charge in [-0.15, -0.1) is 0 Å². The highest BCUT2D eigenvalue weighted by atomic mass is 16.5. The van der Waals surface area contributed by atoms with Crippen LogP contribution in [0.25, 0.3) is 0 Å². The van der Waals surface area contributed by atoms with Gasteiger partial charge < -0.3 is 14.8 Å². The molecule has 0 spiro atoms. The Morgan fingerprint density at radius 3 is 2.62 bits per heavy atom. The van der Waals surface area contributed by atoms with Gasteiger partial charge in [0.1, 0.15) is 11.8 Å². The van der Waals surface area contributed by atoms with Gasteiger partial charge in [0.2, 0.25) is 0 Å². The third-order valence-corrected chi connectivity index (χ3v) is 3.21. The smallest absolute Gasteiger partial charge is 0.121 e. The maximum Gasteiger partial charge on any atom is 0.121 e. The monoisotopic (exact) mass is 282 g/mol. The van der Waals surface area contributed by atoms with Gasteiger partial charge in [-0.05, 0) is 30.2 Å². The van der Waals surface area contributed by atoms with Gasteiger partial charge in [-0.2, -0.15) is 5.26 Å². The van der Waals surface area contributed by atoms with Crippen LogP contribution in [0.2, 0.25) is 0 Å². The van der Waals surface area contributed by atoms with E-state index in [1.54, 1.807) is 26.4 Å². The van der Waals surface area contributed by atoms with Crippen molar-refractivity contribution in [3.63, 3.8) is 0 Å². The summed E-state index contributed by atoms with van der Waals surface area (Å²) < 4.78 is 10.4. The Labute approximate surface area is 124 Å². The molecule has 2 rings (SSSR count). The molecule has 4 nitrogen and oxygen atoms in total. The van der Waals surface area contributed by atoms with Crippen LogP contribution in [-0.4, -0.2) is 20.8 Å². The zero-order chi connectivity index (χ0) is 15.1. The molecule has 0 unspecified atom stereocenters. The van der Waals surface area contributed by atoms with E-state index in [1.807, 2.05) is 30.3 Å². The van der Waals surface area contributed by atoms with Gasteiger partial charge in [-0.25, -0.2) is 0 Å². The lowest BCUT2D eigenvalue weighted by Crippen LogP contribution is -2.01. The Bertz CT molecular complexity index is 647. The van der Waals surface area contributed by atoms with Crippen LogP contribution in [0.1, 0.15) is 11.1 Å². The Morgan fingerprint density at radius 1 is 1.10 bits per heavy atom. The largest absolute Gasteiger partial charge is 0.497 e. The van der Waals surface area contributed by atoms with Crippen LogP contribution in [-0.2, 0) is 11.2 Å². The van der Waals surface area contributed by atoms with Crippen molar-refractivity contribution in [2.75, 3.05) is 26.1 Å². The first-order chi connectivity index (χ1) is 10.3. The summed E-state index contributed by atoms with van der Waals surface area (Å²) in [5.41, 5.74) is 3.43. The van der Waals surface area contributed by atoms with Crippen LogP contribution in [0.4, 0.5) is 11.4 Å². The minimum atomic E-state index is 0.581. The number of methoxy groups -OCH3 is 2. The van der Waals surface area contributed by atoms with Crippen LogP contribution < -0.4 is 10.1 Å². The predicted octanol–water partition coefficient (Wildman–Crippen LogP) is 3.50. The molecule has 0 saturated heterocycles. The van der Waals surface area contributed by atoms with Crippen LogP contribution in [0.15, 0.2) is 42.5 Å². The highest BCUT2D eigenvalue weighted by Crippen LogP contribution is 2.27. The van der Waals surface area contributed by atoms with E-state index >= 15 is 0 Å². The molecule has 0 fully saturated rings. The molecule has 0 aromatic heterocycles. The normalized spacial score (nSPS) is 9.95. The summed E-state index contributed by atoms with van der Waals surface area (Å²) >= 11 is 0. The number of rotatable bonds is 6. The van der Waals surface area contributed by atoms with Gasteiger partial charge >= 0.3 is 0 Å². The number of nitrogens with one attached hydrogen (secondary N) is 1. The van der Waals surface area contributed by atoms with Gasteiger partial charge in [0.25, 0.3) is 0 Å². The molecule has 0 aliphatic rings. The molecule has 2 aromatic rings. The molecular formula is C17H18N2O2. The molecule has 1 N–H and O–H groups in total. The lowest BCUT2D eigenvalue weighted by molar-refractivity contribution is 0.202. The summed E-state index contributed by atoms with van der Waals surface area (Å²) in [5.74, 6) is 0.714. The van der Waals surface area contributed by atoms with E-state index in [9.17, 15) is 5.26 Å². The first-order valence-electron chi connectivity index (χ1n) is 6.70. The average Bonchev–Trinajstić information content (AvgIpc) is 2.54. The molecule has 0 bridgehead atoms. The maximum atomic E-state index is 9.22. The molecule has 0 saturated carbocycles. The number of nitriles is 1. The van der Waals surface area contributed by atoms with Crippen molar-refractivity contribution in [1.82, 2.24) is 0 Å². The number of benzene rings is 2. The molecule has 0 atom stereocenters. The SMILES string of the molecule is COCCc1ccccc1Nc1cc(OC)ccc1C#N. The Balaban J connectivity index is 2.31. The van der Waals surface area contributed by atoms with E-state index in [2.05, 4.69) is 11.4 Å². The Kier molecular flexibility index (Phi) is 5.19. The third-order valence-electron chi connectivity index (χ3n) is 3.21. The zero-order valence-electron chi connectivity index (χ0n) is 12.2. The van der Waals surface area contributed by atoms with E-state index in [-0.39, 0.29) is 0 Å². The second-order valence-corrected chi connectivity index (χ2v) is 4.55. The minimum Gasteiger partial charge on any atom is -0.497 e. The van der Waals surface area contributed by atoms with E-state index in [1.165, 1.54) is 0 Å². The minimum absolute atomic E-state index is 0.581. The number of hydrogen-bond acceptors (Lipinski definition) is 4. The number of ether oxygens (including phenoxy) is 2. The second-order valence-electron chi connectivity index (χ2n) is 4.55. The van der Waals surface area contributed by atoms with Crippen molar-refractivity contribution in [2.24, 2.45) is 0 Å². The fourth-order valence-corrected chi connectivity index (χ4v) is 2.07. The van der Waals surface area contributed by atoms with Crippen molar-refractivity contribution in [1.29, 1.82) is 5.26 Å². The van der Waals surface area contributed by atoms with Gasteiger partial charge in [0.15, 0.2) is 0 Å². The van der Waals surface area contributed by atoms with Crippen molar-refractivity contribution in [3.05, 3.63) is 53.6 Å². The topological polar surface area (TPSA) is 54.3 Å². The lowest BCUT2D eigenvalue weighted by Gasteiger charge is -2.14. The molecule has 0 aliphatic heterocycles. The highest BCUT2D eigenvalue weighted by molar-refractivity contribution is 5.70. The molecule has 0 heterocycles. The zero-order valence-corrected chi connectivity index (χ0v) is 12.2. The maximum absolute atomic E-state index is 9.22. The first-order valence-corrected chi connectivity index (χ1v) is 6.70. The van der Waals surface area contributed by atoms with Gasteiger partial charge in [0, 0.05) is 18.9 Å². The number of anilines is 2. The summed E-state index contributed by atoms with van der Waals surface area (Å²) in [5, 5.41) is 12.5. The number of hydrogen-bond donors (Lipinski definition) is 1. The molecule has 2 aromatic carbocycles. The van der Waals surface area contributed by atoms with Crippen molar-refractivity contribution in [2.45, 2.75) is 6.42 Å². The van der Waals surface area contributed by atoms with E-state index < -0.39 is 0 Å². The summed E-state index contributed by atoms with van der Waals surface area (Å²) in [6, 6.07) is 15.5. The quantitative estimate of drug-likeness (QED) is 0.881. The van der Waals surface area contributed by atoms with E-state index in [0.29, 0.717) is 17.9 Å². The predicted molar refractivity (Wildman–Crippen MR) is 83.0 cm³/mol. The summed E-state index contributed by atoms with van der Waals surface area (Å²) in [4.78, 5) is 0. The number of nitrogens with zero attached hydrogens (tertiary/aromatic N) is 1. The molecule has 4 heteroatoms. The summed E-state index contributed by atoms with van der Waals surface area (Å²) in [6.07, 6.45) is 0.811. The molecular weight excluding hydrogens is 264 g/mol. The Morgan fingerprint density at radius 2 is 1.90 bits per heavy atom. The second kappa shape index (κ2) is 7.32. The van der Waals surface area contributed by atoms with Crippen LogP contribution in [0, 0.1) is 11.3 Å². The first kappa shape index (κ1) is 14.9. The third kappa shape index (κ3) is 3.74. The number of para-hydroxylation sites is 1. The van der Waals surface area contributed by atoms with Crippen LogP contribution >= 0.6 is 0 Å². The van der Waals surface area contributed by atoms with E-state index in [0.717, 1.165) is 23.4 Å². The standard InChI is InChI=1S/C17H18N2O2/c1-20-10-9-13-5-3-4-6-16(13)19-17-11-15(21-2)8-7-14(17)12-18/h3-8,11,19H,9-10H2,1-2H3. The fourth-order valence-electron chi connectivity index (χ4n) is 2.07. The van der Waals surface area contributed by atoms with Crippen molar-refractivity contribution >= 4 is 11.4 Å². The highest BCUT2D eigenvalue weighted by Gasteiger charge is 2.07. The fraction of sp³-hybridized carbons (Fsp3) is 0.235. The van der Waals surface area contributed by atoms with Crippen molar-refractivity contribution < 1.29 is 9.47 Å². The summed E-state index contributed by atoms with van der Waals surface area (Å²) in [7, 11) is 3.30. The lowest BCUT2D eigenvalue weighted by atomic mass is 10.1. The van der Waals surface area contributed by atoms with E-state index in [4.69, 9.17) is 9.47 Å². The van der Waals surface area contributed by atoms with Gasteiger partial charge in [-0.1, -0.05) is 18.2 Å². The molecule has 0 amide bonds. The van der Waals surface area contributed by atoms with Gasteiger partial charge in [-0.3, -0.25) is 0 Å². The van der Waals surface area contributed by atoms with Crippen LogP contribution in [0.5, 0.6) is 5.75 Å². The molecule has 21 heavy (non-hydrogen) atoms. The van der Waals surface area contributed by atoms with Gasteiger partial charge in [0.05, 0.1) is 25.0 Å². The molecule has 0 aliphatic carbocycles. The average molecular weight is 282 g/mol. The van der Waals surface area contributed by atoms with Crippen molar-refractivity contribution in [3.8, 4) is 11.8 Å². The Hall–Kier alpha value is -2.51. The summed E-state index contributed by atoms with van der Waals surface area (Å²) in [6.45, 7) is 0.655. The van der Waals surface area contributed by atoms with Crippen LogP contribution in [0.3, 0.4) is 0 Å². The molecule has 0 radical (unpaired) electrons. The molecule has 108 valence electrons.